The van der Waals surface area contributed by atoms with Crippen molar-refractivity contribution in [2.45, 2.75) is 58.9 Å². The van der Waals surface area contributed by atoms with E-state index in [-0.39, 0.29) is 0 Å². The maximum absolute atomic E-state index is 5.75. The third-order valence-corrected chi connectivity index (χ3v) is 77.5. The van der Waals surface area contributed by atoms with Gasteiger partial charge in [0.05, 0.1) is 6.63 Å². The Balaban J connectivity index is 5.82. The standard InChI is InChI=1S/C11H32OSi4/c1-12-11-16(13(2,3)4,14(5,6)7)15(8,9)10/h11H2,1-10H3. The molecule has 0 aromatic rings. The highest BCUT2D eigenvalue weighted by molar-refractivity contribution is 7.89. The molecule has 5 heteroatoms. The Bertz CT molecular complexity index is 196. The summed E-state index contributed by atoms with van der Waals surface area (Å²) >= 11 is 0. The Morgan fingerprint density at radius 2 is 0.875 bits per heavy atom. The van der Waals surface area contributed by atoms with E-state index in [9.17, 15) is 0 Å². The molecule has 0 unspecified atom stereocenters. The molecule has 0 saturated carbocycles. The molecule has 0 heterocycles. The number of ether oxygens (including phenoxy) is 1. The Morgan fingerprint density at radius 3 is 0.938 bits per heavy atom. The monoisotopic (exact) mass is 292 g/mol. The lowest BCUT2D eigenvalue weighted by Gasteiger charge is -2.56. The third kappa shape index (κ3) is 2.80. The predicted octanol–water partition coefficient (Wildman–Crippen LogP) is 3.87. The molecule has 0 aliphatic heterocycles. The zero-order chi connectivity index (χ0) is 13.4. The van der Waals surface area contributed by atoms with Crippen LogP contribution in [0.3, 0.4) is 0 Å². The number of rotatable bonds is 5. The van der Waals surface area contributed by atoms with E-state index in [2.05, 4.69) is 58.9 Å². The van der Waals surface area contributed by atoms with E-state index in [4.69, 9.17) is 4.74 Å². The van der Waals surface area contributed by atoms with Crippen LogP contribution in [0.25, 0.3) is 0 Å². The fourth-order valence-electron chi connectivity index (χ4n) is 4.24. The van der Waals surface area contributed by atoms with E-state index in [1.54, 1.807) is 0 Å². The molecule has 0 amide bonds. The van der Waals surface area contributed by atoms with E-state index < -0.39 is 29.4 Å². The molecule has 0 aromatic carbocycles. The minimum absolute atomic E-state index is 1.09. The lowest BCUT2D eigenvalue weighted by atomic mass is 11.5. The normalized spacial score (nSPS) is 15.4. The van der Waals surface area contributed by atoms with Crippen molar-refractivity contribution in [1.29, 1.82) is 0 Å². The second-order valence-corrected chi connectivity index (χ2v) is 49.4. The van der Waals surface area contributed by atoms with Crippen LogP contribution in [0.15, 0.2) is 0 Å². The first kappa shape index (κ1) is 16.8. The summed E-state index contributed by atoms with van der Waals surface area (Å²) in [4.78, 5) is 0. The largest absolute Gasteiger partial charge is 0.389 e. The van der Waals surface area contributed by atoms with Crippen LogP contribution in [0.2, 0.25) is 58.9 Å². The maximum atomic E-state index is 5.75. The van der Waals surface area contributed by atoms with Gasteiger partial charge in [-0.15, -0.1) is 0 Å². The van der Waals surface area contributed by atoms with E-state index >= 15 is 0 Å². The summed E-state index contributed by atoms with van der Waals surface area (Å²) in [7, 11) is -1.36. The molecule has 0 radical (unpaired) electrons. The SMILES string of the molecule is COC[Si]([Si](C)(C)C)([Si](C)(C)C)[Si](C)(C)C. The van der Waals surface area contributed by atoms with Gasteiger partial charge in [-0.25, -0.2) is 0 Å². The molecule has 0 aromatic heterocycles. The Morgan fingerprint density at radius 1 is 0.625 bits per heavy atom. The van der Waals surface area contributed by atoms with Crippen molar-refractivity contribution >= 4 is 29.4 Å². The summed E-state index contributed by atoms with van der Waals surface area (Å²) in [6.07, 6.45) is 1.13. The van der Waals surface area contributed by atoms with Crippen molar-refractivity contribution in [2.75, 3.05) is 13.3 Å². The van der Waals surface area contributed by atoms with Crippen molar-refractivity contribution in [3.63, 3.8) is 0 Å². The zero-order valence-electron chi connectivity index (χ0n) is 13.1. The predicted molar refractivity (Wildman–Crippen MR) is 87.7 cm³/mol. The average molecular weight is 293 g/mol. The van der Waals surface area contributed by atoms with Crippen molar-refractivity contribution in [2.24, 2.45) is 0 Å². The second-order valence-electron chi connectivity index (χ2n) is 8.09. The lowest BCUT2D eigenvalue weighted by molar-refractivity contribution is 0.250. The van der Waals surface area contributed by atoms with E-state index in [1.807, 2.05) is 7.11 Å². The first-order chi connectivity index (χ1) is 6.81. The molecule has 16 heavy (non-hydrogen) atoms. The van der Waals surface area contributed by atoms with Crippen molar-refractivity contribution in [1.82, 2.24) is 0 Å². The molecule has 98 valence electrons. The molecule has 0 N–H and O–H groups in total. The maximum Gasteiger partial charge on any atom is 0.0670 e. The Labute approximate surface area is 106 Å². The van der Waals surface area contributed by atoms with E-state index in [0.717, 1.165) is 6.23 Å². The number of hydrogen-bond donors (Lipinski definition) is 0. The summed E-state index contributed by atoms with van der Waals surface area (Å²) in [5.41, 5.74) is 0. The van der Waals surface area contributed by atoms with Crippen LogP contribution < -0.4 is 0 Å². The first-order valence-electron chi connectivity index (χ1n) is 6.30. The minimum Gasteiger partial charge on any atom is -0.389 e. The second kappa shape index (κ2) is 4.83. The molecule has 0 bridgehead atoms. The van der Waals surface area contributed by atoms with Crippen LogP contribution in [-0.2, 0) is 4.74 Å². The number of methoxy groups -OCH3 is 1. The van der Waals surface area contributed by atoms with Gasteiger partial charge < -0.3 is 4.74 Å². The van der Waals surface area contributed by atoms with Gasteiger partial charge in [-0.3, -0.25) is 0 Å². The molecular weight excluding hydrogens is 260 g/mol. The first-order valence-corrected chi connectivity index (χ1v) is 22.0. The van der Waals surface area contributed by atoms with E-state index in [1.165, 1.54) is 0 Å². The van der Waals surface area contributed by atoms with Crippen LogP contribution in [0.1, 0.15) is 0 Å². The van der Waals surface area contributed by atoms with Gasteiger partial charge in [0, 0.05) is 36.1 Å². The fraction of sp³-hybridized carbons (Fsp3) is 1.00. The average Bonchev–Trinajstić information content (AvgIpc) is 1.91. The molecule has 0 atom stereocenters. The summed E-state index contributed by atoms with van der Waals surface area (Å²) in [5.74, 6) is 0. The van der Waals surface area contributed by atoms with Gasteiger partial charge in [0.25, 0.3) is 0 Å². The molecule has 0 rings (SSSR count). The van der Waals surface area contributed by atoms with Gasteiger partial charge in [-0.05, 0) is 0 Å². The molecular formula is C11H32OSi4. The lowest BCUT2D eigenvalue weighted by Crippen LogP contribution is -2.85. The van der Waals surface area contributed by atoms with Crippen molar-refractivity contribution < 1.29 is 4.74 Å². The molecule has 0 spiro atoms. The van der Waals surface area contributed by atoms with Crippen molar-refractivity contribution in [3.05, 3.63) is 0 Å². The van der Waals surface area contributed by atoms with Gasteiger partial charge >= 0.3 is 0 Å². The Kier molecular flexibility index (Phi) is 5.08. The summed E-state index contributed by atoms with van der Waals surface area (Å²) in [6, 6.07) is 0. The summed E-state index contributed by atoms with van der Waals surface area (Å²) in [5, 5.41) is 0. The number of hydrogen-bond acceptors (Lipinski definition) is 1. The third-order valence-electron chi connectivity index (χ3n) is 4.20. The minimum atomic E-state index is -1.21. The van der Waals surface area contributed by atoms with Gasteiger partial charge in [0.1, 0.15) is 0 Å². The highest BCUT2D eigenvalue weighted by atomic mass is 29.9. The van der Waals surface area contributed by atoms with Gasteiger partial charge in [0.15, 0.2) is 0 Å². The Hall–Kier alpha value is 0.828. The molecule has 0 saturated heterocycles. The molecule has 1 nitrogen and oxygen atoms in total. The highest BCUT2D eigenvalue weighted by Crippen LogP contribution is 2.36. The van der Waals surface area contributed by atoms with Crippen LogP contribution in [0, 0.1) is 0 Å². The van der Waals surface area contributed by atoms with Gasteiger partial charge in [-0.1, -0.05) is 58.9 Å². The van der Waals surface area contributed by atoms with Gasteiger partial charge in [-0.2, -0.15) is 0 Å². The van der Waals surface area contributed by atoms with Crippen LogP contribution in [0.4, 0.5) is 0 Å². The topological polar surface area (TPSA) is 9.23 Å². The molecule has 0 aliphatic rings. The van der Waals surface area contributed by atoms with Crippen LogP contribution in [-0.4, -0.2) is 42.7 Å². The molecule has 0 aliphatic carbocycles. The fourth-order valence-corrected chi connectivity index (χ4v) is 98.9. The van der Waals surface area contributed by atoms with E-state index in [0.29, 0.717) is 0 Å². The highest BCUT2D eigenvalue weighted by Gasteiger charge is 2.61. The van der Waals surface area contributed by atoms with Crippen LogP contribution >= 0.6 is 0 Å². The quantitative estimate of drug-likeness (QED) is 0.699. The summed E-state index contributed by atoms with van der Waals surface area (Å²) < 4.78 is 5.75. The van der Waals surface area contributed by atoms with Gasteiger partial charge in [0.2, 0.25) is 0 Å². The zero-order valence-corrected chi connectivity index (χ0v) is 17.1. The van der Waals surface area contributed by atoms with Crippen LogP contribution in [0.5, 0.6) is 0 Å². The van der Waals surface area contributed by atoms with Crippen molar-refractivity contribution in [3.8, 4) is 0 Å². The smallest absolute Gasteiger partial charge is 0.0670 e. The molecule has 0 fully saturated rings. The summed E-state index contributed by atoms with van der Waals surface area (Å²) in [6.45, 7) is 22.2.